The van der Waals surface area contributed by atoms with E-state index in [-0.39, 0.29) is 11.6 Å². The molecule has 1 rings (SSSR count). The van der Waals surface area contributed by atoms with Gasteiger partial charge in [0.25, 0.3) is 5.91 Å². The summed E-state index contributed by atoms with van der Waals surface area (Å²) in [4.78, 5) is 14.7. The summed E-state index contributed by atoms with van der Waals surface area (Å²) in [6, 6.07) is 0. The van der Waals surface area contributed by atoms with Crippen molar-refractivity contribution in [3.05, 3.63) is 18.4 Å². The molecule has 0 fully saturated rings. The van der Waals surface area contributed by atoms with Crippen LogP contribution in [0.5, 0.6) is 0 Å². The molecule has 1 amide bonds. The molecule has 0 saturated carbocycles. The molecule has 0 aromatic carbocycles. The summed E-state index contributed by atoms with van der Waals surface area (Å²) in [5.41, 5.74) is 0.270. The number of nitrogens with zero attached hydrogens (tertiary/aromatic N) is 1. The molecular formula is C8H8N2O2. The molecule has 0 aliphatic rings. The molecule has 1 heterocycles. The third-order valence-electron chi connectivity index (χ3n) is 1.22. The number of carbonyl (C=O) groups is 1. The van der Waals surface area contributed by atoms with Gasteiger partial charge in [-0.1, -0.05) is 0 Å². The Morgan fingerprint density at radius 1 is 1.83 bits per heavy atom. The van der Waals surface area contributed by atoms with Crippen molar-refractivity contribution in [3.63, 3.8) is 0 Å². The summed E-state index contributed by atoms with van der Waals surface area (Å²) in [5.74, 6) is 2.14. The number of amides is 1. The summed E-state index contributed by atoms with van der Waals surface area (Å²) in [6.45, 7) is 0.461. The minimum Gasteiger partial charge on any atom is -0.451 e. The van der Waals surface area contributed by atoms with Crippen molar-refractivity contribution in [3.8, 4) is 12.3 Å². The molecule has 0 aliphatic carbocycles. The largest absolute Gasteiger partial charge is 0.451 e. The summed E-state index contributed by atoms with van der Waals surface area (Å²) < 4.78 is 4.63. The molecule has 0 aliphatic heterocycles. The van der Waals surface area contributed by atoms with Crippen LogP contribution in [0.25, 0.3) is 0 Å². The molecule has 0 bridgehead atoms. The standard InChI is InChI=1S/C8H8N2O2/c1-2-3-4-9-8(11)7-5-12-6-10-7/h1,5-6H,3-4H2,(H,9,11). The van der Waals surface area contributed by atoms with E-state index in [1.807, 2.05) is 0 Å². The number of nitrogens with one attached hydrogen (secondary N) is 1. The van der Waals surface area contributed by atoms with Crippen LogP contribution in [0.2, 0.25) is 0 Å². The smallest absolute Gasteiger partial charge is 0.273 e. The maximum atomic E-state index is 11.1. The second-order valence-corrected chi connectivity index (χ2v) is 2.08. The predicted molar refractivity (Wildman–Crippen MR) is 42.3 cm³/mol. The molecule has 0 spiro atoms. The van der Waals surface area contributed by atoms with E-state index in [1.54, 1.807) is 0 Å². The van der Waals surface area contributed by atoms with Gasteiger partial charge in [0.1, 0.15) is 6.26 Å². The second-order valence-electron chi connectivity index (χ2n) is 2.08. The normalized spacial score (nSPS) is 8.92. The highest BCUT2D eigenvalue weighted by Crippen LogP contribution is 1.92. The highest BCUT2D eigenvalue weighted by Gasteiger charge is 2.05. The van der Waals surface area contributed by atoms with E-state index in [0.717, 1.165) is 0 Å². The Bertz CT molecular complexity index is 285. The van der Waals surface area contributed by atoms with Crippen LogP contribution in [0.3, 0.4) is 0 Å². The monoisotopic (exact) mass is 164 g/mol. The van der Waals surface area contributed by atoms with Crippen molar-refractivity contribution in [2.75, 3.05) is 6.54 Å². The number of hydrogen-bond donors (Lipinski definition) is 1. The van der Waals surface area contributed by atoms with Crippen LogP contribution >= 0.6 is 0 Å². The average molecular weight is 164 g/mol. The number of hydrogen-bond acceptors (Lipinski definition) is 3. The molecule has 0 radical (unpaired) electrons. The molecule has 0 unspecified atom stereocenters. The van der Waals surface area contributed by atoms with Gasteiger partial charge in [-0.05, 0) is 0 Å². The van der Waals surface area contributed by atoms with Crippen molar-refractivity contribution >= 4 is 5.91 Å². The van der Waals surface area contributed by atoms with Crippen LogP contribution in [-0.2, 0) is 0 Å². The molecule has 4 nitrogen and oxygen atoms in total. The Morgan fingerprint density at radius 3 is 3.25 bits per heavy atom. The number of oxazole rings is 1. The van der Waals surface area contributed by atoms with Crippen molar-refractivity contribution in [1.82, 2.24) is 10.3 Å². The van der Waals surface area contributed by atoms with Gasteiger partial charge in [0.05, 0.1) is 0 Å². The lowest BCUT2D eigenvalue weighted by Crippen LogP contribution is -2.24. The fourth-order valence-electron chi connectivity index (χ4n) is 0.663. The van der Waals surface area contributed by atoms with Crippen LogP contribution in [0.15, 0.2) is 17.1 Å². The van der Waals surface area contributed by atoms with E-state index in [0.29, 0.717) is 13.0 Å². The van der Waals surface area contributed by atoms with E-state index in [4.69, 9.17) is 6.42 Å². The molecule has 12 heavy (non-hydrogen) atoms. The van der Waals surface area contributed by atoms with Gasteiger partial charge in [-0.2, -0.15) is 0 Å². The lowest BCUT2D eigenvalue weighted by atomic mass is 10.4. The van der Waals surface area contributed by atoms with Gasteiger partial charge in [0.15, 0.2) is 12.1 Å². The SMILES string of the molecule is C#CCCNC(=O)c1cocn1. The second kappa shape index (κ2) is 4.19. The molecule has 0 saturated heterocycles. The third-order valence-corrected chi connectivity index (χ3v) is 1.22. The fraction of sp³-hybridized carbons (Fsp3) is 0.250. The maximum Gasteiger partial charge on any atom is 0.273 e. The first-order valence-corrected chi connectivity index (χ1v) is 3.44. The average Bonchev–Trinajstić information content (AvgIpc) is 2.56. The Morgan fingerprint density at radius 2 is 2.67 bits per heavy atom. The summed E-state index contributed by atoms with van der Waals surface area (Å²) in [5, 5.41) is 2.58. The van der Waals surface area contributed by atoms with Crippen LogP contribution in [-0.4, -0.2) is 17.4 Å². The highest BCUT2D eigenvalue weighted by atomic mass is 16.3. The molecular weight excluding hydrogens is 156 g/mol. The predicted octanol–water partition coefficient (Wildman–Crippen LogP) is 0.428. The Labute approximate surface area is 70.0 Å². The minimum absolute atomic E-state index is 0.265. The highest BCUT2D eigenvalue weighted by molar-refractivity contribution is 5.91. The molecule has 0 atom stereocenters. The lowest BCUT2D eigenvalue weighted by Gasteiger charge is -1.97. The van der Waals surface area contributed by atoms with E-state index < -0.39 is 0 Å². The van der Waals surface area contributed by atoms with E-state index in [9.17, 15) is 4.79 Å². The van der Waals surface area contributed by atoms with Crippen molar-refractivity contribution in [2.24, 2.45) is 0 Å². The van der Waals surface area contributed by atoms with Gasteiger partial charge in [-0.15, -0.1) is 12.3 Å². The number of aromatic nitrogens is 1. The topological polar surface area (TPSA) is 55.1 Å². The molecule has 1 aromatic rings. The lowest BCUT2D eigenvalue weighted by molar-refractivity contribution is 0.0949. The quantitative estimate of drug-likeness (QED) is 0.520. The number of terminal acetylenes is 1. The van der Waals surface area contributed by atoms with Crippen molar-refractivity contribution < 1.29 is 9.21 Å². The van der Waals surface area contributed by atoms with Gasteiger partial charge in [0.2, 0.25) is 0 Å². The summed E-state index contributed by atoms with van der Waals surface area (Å²) in [7, 11) is 0. The van der Waals surface area contributed by atoms with Crippen molar-refractivity contribution in [1.29, 1.82) is 0 Å². The molecule has 1 aromatic heterocycles. The Balaban J connectivity index is 2.36. The van der Waals surface area contributed by atoms with Gasteiger partial charge >= 0.3 is 0 Å². The zero-order valence-corrected chi connectivity index (χ0v) is 6.41. The summed E-state index contributed by atoms with van der Waals surface area (Å²) >= 11 is 0. The van der Waals surface area contributed by atoms with Gasteiger partial charge in [-0.25, -0.2) is 4.98 Å². The Kier molecular flexibility index (Phi) is 2.91. The zero-order chi connectivity index (χ0) is 8.81. The van der Waals surface area contributed by atoms with E-state index in [1.165, 1.54) is 12.7 Å². The van der Waals surface area contributed by atoms with Crippen LogP contribution in [0, 0.1) is 12.3 Å². The number of carbonyl (C=O) groups excluding carboxylic acids is 1. The Hall–Kier alpha value is -1.76. The third kappa shape index (κ3) is 2.13. The molecule has 62 valence electrons. The van der Waals surface area contributed by atoms with Crippen LogP contribution in [0.1, 0.15) is 16.9 Å². The maximum absolute atomic E-state index is 11.1. The minimum atomic E-state index is -0.265. The van der Waals surface area contributed by atoms with Crippen LogP contribution < -0.4 is 5.32 Å². The summed E-state index contributed by atoms with van der Waals surface area (Å²) in [6.07, 6.45) is 8.00. The van der Waals surface area contributed by atoms with E-state index in [2.05, 4.69) is 20.6 Å². The fourth-order valence-corrected chi connectivity index (χ4v) is 0.663. The van der Waals surface area contributed by atoms with Gasteiger partial charge < -0.3 is 9.73 Å². The first-order chi connectivity index (χ1) is 5.84. The zero-order valence-electron chi connectivity index (χ0n) is 6.41. The van der Waals surface area contributed by atoms with Crippen molar-refractivity contribution in [2.45, 2.75) is 6.42 Å². The molecule has 4 heteroatoms. The first kappa shape index (κ1) is 8.34. The number of rotatable bonds is 3. The molecule has 1 N–H and O–H groups in total. The van der Waals surface area contributed by atoms with Gasteiger partial charge in [0, 0.05) is 13.0 Å². The van der Waals surface area contributed by atoms with Gasteiger partial charge in [-0.3, -0.25) is 4.79 Å². The first-order valence-electron chi connectivity index (χ1n) is 3.44. The van der Waals surface area contributed by atoms with Crippen LogP contribution in [0.4, 0.5) is 0 Å². The van der Waals surface area contributed by atoms with E-state index >= 15 is 0 Å².